The van der Waals surface area contributed by atoms with E-state index in [1.165, 1.54) is 12.1 Å². The number of likely N-dealkylation sites (tertiary alicyclic amines) is 1. The van der Waals surface area contributed by atoms with Crippen molar-refractivity contribution in [1.82, 2.24) is 4.90 Å². The molecular weight excluding hydrogens is 284 g/mol. The second-order valence-electron chi connectivity index (χ2n) is 5.11. The maximum Gasteiger partial charge on any atom is 0.308 e. The average Bonchev–Trinajstić information content (AvgIpc) is 2.72. The summed E-state index contributed by atoms with van der Waals surface area (Å²) in [6, 6.07) is 4.56. The summed E-state index contributed by atoms with van der Waals surface area (Å²) in [4.78, 5) is 23.5. The zero-order valence-electron chi connectivity index (χ0n) is 11.0. The number of aliphatic carboxylic acids is 1. The minimum Gasteiger partial charge on any atom is -0.481 e. The second kappa shape index (κ2) is 5.76. The van der Waals surface area contributed by atoms with Crippen LogP contribution in [0.15, 0.2) is 18.2 Å². The summed E-state index contributed by atoms with van der Waals surface area (Å²) in [5, 5.41) is 20.5. The highest BCUT2D eigenvalue weighted by atomic mass is 35.5. The summed E-state index contributed by atoms with van der Waals surface area (Å²) in [7, 11) is 0. The number of halogens is 1. The maximum absolute atomic E-state index is 11.1. The van der Waals surface area contributed by atoms with Crippen molar-refractivity contribution in [2.75, 3.05) is 13.1 Å². The molecule has 108 valence electrons. The topological polar surface area (TPSA) is 83.7 Å². The Hall–Kier alpha value is -1.66. The molecular formula is C13H15ClN2O4. The third-order valence-corrected chi connectivity index (χ3v) is 4.03. The van der Waals surface area contributed by atoms with E-state index in [2.05, 4.69) is 0 Å². The zero-order valence-corrected chi connectivity index (χ0v) is 11.7. The molecule has 0 spiro atoms. The standard InChI is InChI=1S/C13H15ClN2O4/c1-8-5-15(6-9(8)13(17)18)7-10-11(14)3-2-4-12(10)16(19)20/h2-4,8-9H,5-7H2,1H3,(H,17,18)/t8-,9-/m1/s1. The van der Waals surface area contributed by atoms with E-state index in [1.807, 2.05) is 11.8 Å². The summed E-state index contributed by atoms with van der Waals surface area (Å²) >= 11 is 6.04. The lowest BCUT2D eigenvalue weighted by Crippen LogP contribution is -2.23. The number of nitro benzene ring substituents is 1. The molecule has 0 radical (unpaired) electrons. The van der Waals surface area contributed by atoms with Crippen LogP contribution in [0, 0.1) is 22.0 Å². The number of rotatable bonds is 4. The fourth-order valence-electron chi connectivity index (χ4n) is 2.62. The molecule has 1 aromatic carbocycles. The number of nitro groups is 1. The predicted molar refractivity (Wildman–Crippen MR) is 73.7 cm³/mol. The average molecular weight is 299 g/mol. The lowest BCUT2D eigenvalue weighted by molar-refractivity contribution is -0.385. The number of hydrogen-bond donors (Lipinski definition) is 1. The van der Waals surface area contributed by atoms with E-state index < -0.39 is 16.8 Å². The second-order valence-corrected chi connectivity index (χ2v) is 5.52. The van der Waals surface area contributed by atoms with Crippen molar-refractivity contribution in [2.24, 2.45) is 11.8 Å². The summed E-state index contributed by atoms with van der Waals surface area (Å²) in [5.41, 5.74) is 0.418. The Morgan fingerprint density at radius 3 is 2.80 bits per heavy atom. The fraction of sp³-hybridized carbons (Fsp3) is 0.462. The number of carboxylic acid groups (broad SMARTS) is 1. The molecule has 1 aliphatic heterocycles. The molecule has 20 heavy (non-hydrogen) atoms. The molecule has 6 nitrogen and oxygen atoms in total. The molecule has 1 saturated heterocycles. The SMILES string of the molecule is C[C@@H]1CN(Cc2c(Cl)cccc2[N+](=O)[O-])C[C@H]1C(=O)O. The quantitative estimate of drug-likeness (QED) is 0.681. The molecule has 1 fully saturated rings. The highest BCUT2D eigenvalue weighted by molar-refractivity contribution is 6.31. The van der Waals surface area contributed by atoms with Gasteiger partial charge in [0.15, 0.2) is 0 Å². The monoisotopic (exact) mass is 298 g/mol. The number of benzene rings is 1. The molecule has 0 saturated carbocycles. The van der Waals surface area contributed by atoms with E-state index in [0.717, 1.165) is 0 Å². The van der Waals surface area contributed by atoms with Crippen LogP contribution in [0.5, 0.6) is 0 Å². The van der Waals surface area contributed by atoms with Crippen LogP contribution >= 0.6 is 11.6 Å². The van der Waals surface area contributed by atoms with Gasteiger partial charge in [-0.25, -0.2) is 0 Å². The molecule has 0 bridgehead atoms. The molecule has 0 aromatic heterocycles. The summed E-state index contributed by atoms with van der Waals surface area (Å²) < 4.78 is 0. The van der Waals surface area contributed by atoms with Crippen molar-refractivity contribution in [1.29, 1.82) is 0 Å². The summed E-state index contributed by atoms with van der Waals surface area (Å²) in [5.74, 6) is -1.24. The summed E-state index contributed by atoms with van der Waals surface area (Å²) in [6.07, 6.45) is 0. The normalized spacial score (nSPS) is 22.9. The Balaban J connectivity index is 2.20. The van der Waals surface area contributed by atoms with Crippen LogP contribution in [0.2, 0.25) is 5.02 Å². The van der Waals surface area contributed by atoms with Gasteiger partial charge in [-0.15, -0.1) is 0 Å². The van der Waals surface area contributed by atoms with Crippen molar-refractivity contribution in [3.05, 3.63) is 38.9 Å². The van der Waals surface area contributed by atoms with Crippen LogP contribution in [-0.2, 0) is 11.3 Å². The van der Waals surface area contributed by atoms with Crippen LogP contribution in [-0.4, -0.2) is 34.0 Å². The van der Waals surface area contributed by atoms with Gasteiger partial charge in [-0.1, -0.05) is 24.6 Å². The molecule has 1 N–H and O–H groups in total. The minimum absolute atomic E-state index is 0.0223. The molecule has 0 unspecified atom stereocenters. The Kier molecular flexibility index (Phi) is 4.25. The minimum atomic E-state index is -0.825. The van der Waals surface area contributed by atoms with Crippen molar-refractivity contribution >= 4 is 23.3 Å². The molecule has 0 amide bonds. The van der Waals surface area contributed by atoms with Crippen LogP contribution in [0.4, 0.5) is 5.69 Å². The van der Waals surface area contributed by atoms with E-state index >= 15 is 0 Å². The Bertz CT molecular complexity index is 549. The largest absolute Gasteiger partial charge is 0.481 e. The number of carbonyl (C=O) groups is 1. The summed E-state index contributed by atoms with van der Waals surface area (Å²) in [6.45, 7) is 3.15. The lowest BCUT2D eigenvalue weighted by atomic mass is 9.99. The predicted octanol–water partition coefficient (Wildman–Crippen LogP) is 2.40. The van der Waals surface area contributed by atoms with Gasteiger partial charge in [-0.05, 0) is 12.0 Å². The molecule has 2 atom stereocenters. The highest BCUT2D eigenvalue weighted by Gasteiger charge is 2.35. The smallest absolute Gasteiger partial charge is 0.308 e. The first-order valence-electron chi connectivity index (χ1n) is 6.27. The Labute approximate surface area is 121 Å². The van der Waals surface area contributed by atoms with Crippen molar-refractivity contribution in [3.8, 4) is 0 Å². The zero-order chi connectivity index (χ0) is 14.9. The Morgan fingerprint density at radius 2 is 2.25 bits per heavy atom. The van der Waals surface area contributed by atoms with Crippen molar-refractivity contribution in [3.63, 3.8) is 0 Å². The van der Waals surface area contributed by atoms with Gasteiger partial charge in [-0.3, -0.25) is 19.8 Å². The molecule has 0 aliphatic carbocycles. The van der Waals surface area contributed by atoms with Gasteiger partial charge in [0.2, 0.25) is 0 Å². The maximum atomic E-state index is 11.1. The Morgan fingerprint density at radius 1 is 1.55 bits per heavy atom. The van der Waals surface area contributed by atoms with Crippen LogP contribution < -0.4 is 0 Å². The molecule has 2 rings (SSSR count). The van der Waals surface area contributed by atoms with E-state index in [-0.39, 0.29) is 11.6 Å². The van der Waals surface area contributed by atoms with Crippen LogP contribution in [0.1, 0.15) is 12.5 Å². The van der Waals surface area contributed by atoms with Crippen LogP contribution in [0.3, 0.4) is 0 Å². The number of nitrogens with zero attached hydrogens (tertiary/aromatic N) is 2. The van der Waals surface area contributed by atoms with Gasteiger partial charge in [0.1, 0.15) is 0 Å². The third-order valence-electron chi connectivity index (χ3n) is 3.68. The molecule has 1 aromatic rings. The van der Waals surface area contributed by atoms with Gasteiger partial charge in [0.05, 0.1) is 21.4 Å². The molecule has 1 aliphatic rings. The van der Waals surface area contributed by atoms with Gasteiger partial charge in [0, 0.05) is 25.7 Å². The first kappa shape index (κ1) is 14.7. The first-order chi connectivity index (χ1) is 9.40. The van der Waals surface area contributed by atoms with Gasteiger partial charge < -0.3 is 5.11 Å². The van der Waals surface area contributed by atoms with Crippen molar-refractivity contribution < 1.29 is 14.8 Å². The fourth-order valence-corrected chi connectivity index (χ4v) is 2.85. The molecule has 7 heteroatoms. The van der Waals surface area contributed by atoms with E-state index in [0.29, 0.717) is 30.2 Å². The van der Waals surface area contributed by atoms with Gasteiger partial charge in [-0.2, -0.15) is 0 Å². The van der Waals surface area contributed by atoms with Crippen LogP contribution in [0.25, 0.3) is 0 Å². The number of carboxylic acids is 1. The lowest BCUT2D eigenvalue weighted by Gasteiger charge is -2.16. The van der Waals surface area contributed by atoms with E-state index in [4.69, 9.17) is 16.7 Å². The highest BCUT2D eigenvalue weighted by Crippen LogP contribution is 2.31. The molecule has 1 heterocycles. The van der Waals surface area contributed by atoms with Gasteiger partial charge in [0.25, 0.3) is 5.69 Å². The van der Waals surface area contributed by atoms with E-state index in [9.17, 15) is 14.9 Å². The first-order valence-corrected chi connectivity index (χ1v) is 6.65. The third kappa shape index (κ3) is 2.91. The van der Waals surface area contributed by atoms with E-state index in [1.54, 1.807) is 6.07 Å². The number of hydrogen-bond acceptors (Lipinski definition) is 4. The van der Waals surface area contributed by atoms with Crippen molar-refractivity contribution in [2.45, 2.75) is 13.5 Å². The van der Waals surface area contributed by atoms with Gasteiger partial charge >= 0.3 is 5.97 Å².